The molecule has 0 aliphatic carbocycles. The van der Waals surface area contributed by atoms with Gasteiger partial charge in [0.25, 0.3) is 0 Å². The normalized spacial score (nSPS) is 11.1. The van der Waals surface area contributed by atoms with Gasteiger partial charge >= 0.3 is 0 Å². The van der Waals surface area contributed by atoms with E-state index in [-0.39, 0.29) is 0 Å². The van der Waals surface area contributed by atoms with Crippen LogP contribution in [-0.2, 0) is 6.54 Å². The van der Waals surface area contributed by atoms with Gasteiger partial charge in [0.15, 0.2) is 0 Å². The molecule has 1 N–H and O–H groups in total. The monoisotopic (exact) mass is 257 g/mol. The summed E-state index contributed by atoms with van der Waals surface area (Å²) < 4.78 is 0. The van der Waals surface area contributed by atoms with Crippen molar-refractivity contribution < 1.29 is 0 Å². The molecule has 0 atom stereocenters. The van der Waals surface area contributed by atoms with Crippen LogP contribution < -0.4 is 5.32 Å². The highest BCUT2D eigenvalue weighted by atomic mass is 35.5. The molecule has 0 radical (unpaired) electrons. The lowest BCUT2D eigenvalue weighted by atomic mass is 10.2. The van der Waals surface area contributed by atoms with Crippen LogP contribution >= 0.6 is 23.4 Å². The zero-order valence-corrected chi connectivity index (χ0v) is 11.8. The average Bonchev–Trinajstić information content (AvgIpc) is 2.21. The SMILES string of the molecule is CCSc1ccc(CNCC(C)C)cc1Cl. The highest BCUT2D eigenvalue weighted by molar-refractivity contribution is 7.99. The van der Waals surface area contributed by atoms with Gasteiger partial charge in [-0.1, -0.05) is 38.4 Å². The van der Waals surface area contributed by atoms with E-state index in [9.17, 15) is 0 Å². The Hall–Kier alpha value is -0.180. The van der Waals surface area contributed by atoms with Gasteiger partial charge in [0, 0.05) is 11.4 Å². The third kappa shape index (κ3) is 4.77. The summed E-state index contributed by atoms with van der Waals surface area (Å²) in [5, 5.41) is 4.29. The maximum absolute atomic E-state index is 6.20. The van der Waals surface area contributed by atoms with Crippen LogP contribution in [0.1, 0.15) is 26.3 Å². The summed E-state index contributed by atoms with van der Waals surface area (Å²) in [6, 6.07) is 6.33. The number of thioether (sulfide) groups is 1. The van der Waals surface area contributed by atoms with E-state index in [0.29, 0.717) is 5.92 Å². The number of halogens is 1. The highest BCUT2D eigenvalue weighted by Crippen LogP contribution is 2.27. The average molecular weight is 258 g/mol. The minimum atomic E-state index is 0.686. The van der Waals surface area contributed by atoms with E-state index >= 15 is 0 Å². The molecular formula is C13H20ClNS. The quantitative estimate of drug-likeness (QED) is 0.767. The van der Waals surface area contributed by atoms with Crippen molar-refractivity contribution in [2.24, 2.45) is 5.92 Å². The van der Waals surface area contributed by atoms with E-state index in [1.165, 1.54) is 10.5 Å². The van der Waals surface area contributed by atoms with Crippen molar-refractivity contribution in [3.8, 4) is 0 Å². The molecule has 0 bridgehead atoms. The third-order valence-corrected chi connectivity index (χ3v) is 3.56. The summed E-state index contributed by atoms with van der Waals surface area (Å²) in [4.78, 5) is 1.18. The van der Waals surface area contributed by atoms with Crippen LogP contribution in [0.5, 0.6) is 0 Å². The fourth-order valence-electron chi connectivity index (χ4n) is 1.43. The van der Waals surface area contributed by atoms with Gasteiger partial charge in [0.1, 0.15) is 0 Å². The van der Waals surface area contributed by atoms with Crippen molar-refractivity contribution in [2.75, 3.05) is 12.3 Å². The lowest BCUT2D eigenvalue weighted by molar-refractivity contribution is 0.552. The van der Waals surface area contributed by atoms with Crippen molar-refractivity contribution in [2.45, 2.75) is 32.2 Å². The molecule has 3 heteroatoms. The lowest BCUT2D eigenvalue weighted by Crippen LogP contribution is -2.18. The van der Waals surface area contributed by atoms with E-state index in [1.807, 2.05) is 0 Å². The van der Waals surface area contributed by atoms with Gasteiger partial charge in [-0.25, -0.2) is 0 Å². The molecule has 0 amide bonds. The molecule has 0 aromatic heterocycles. The topological polar surface area (TPSA) is 12.0 Å². The molecule has 1 rings (SSSR count). The van der Waals surface area contributed by atoms with Crippen molar-refractivity contribution >= 4 is 23.4 Å². The summed E-state index contributed by atoms with van der Waals surface area (Å²) in [5.41, 5.74) is 1.26. The first-order valence-corrected chi connectivity index (χ1v) is 7.11. The van der Waals surface area contributed by atoms with Crippen molar-refractivity contribution in [1.82, 2.24) is 5.32 Å². The van der Waals surface area contributed by atoms with Gasteiger partial charge in [-0.15, -0.1) is 11.8 Å². The van der Waals surface area contributed by atoms with E-state index in [2.05, 4.69) is 44.3 Å². The second kappa shape index (κ2) is 7.21. The Morgan fingerprint density at radius 1 is 1.38 bits per heavy atom. The second-order valence-corrected chi connectivity index (χ2v) is 5.94. The summed E-state index contributed by atoms with van der Waals surface area (Å²) in [6.45, 7) is 8.50. The van der Waals surface area contributed by atoms with Crippen LogP contribution in [0.2, 0.25) is 5.02 Å². The Morgan fingerprint density at radius 3 is 2.69 bits per heavy atom. The highest BCUT2D eigenvalue weighted by Gasteiger charge is 2.02. The Morgan fingerprint density at radius 2 is 2.12 bits per heavy atom. The molecular weight excluding hydrogens is 238 g/mol. The fourth-order valence-corrected chi connectivity index (χ4v) is 2.47. The molecule has 1 nitrogen and oxygen atoms in total. The molecule has 16 heavy (non-hydrogen) atoms. The molecule has 0 saturated carbocycles. The van der Waals surface area contributed by atoms with Crippen molar-refractivity contribution in [1.29, 1.82) is 0 Å². The fraction of sp³-hybridized carbons (Fsp3) is 0.538. The van der Waals surface area contributed by atoms with E-state index in [0.717, 1.165) is 23.9 Å². The molecule has 0 unspecified atom stereocenters. The second-order valence-electron chi connectivity index (χ2n) is 4.22. The van der Waals surface area contributed by atoms with E-state index in [1.54, 1.807) is 11.8 Å². The number of nitrogens with one attached hydrogen (secondary N) is 1. The largest absolute Gasteiger partial charge is 0.312 e. The first-order chi connectivity index (χ1) is 7.63. The molecule has 0 spiro atoms. The van der Waals surface area contributed by atoms with Gasteiger partial charge in [-0.2, -0.15) is 0 Å². The van der Waals surface area contributed by atoms with Crippen LogP contribution in [-0.4, -0.2) is 12.3 Å². The molecule has 0 aliphatic rings. The predicted octanol–water partition coefficient (Wildman–Crippen LogP) is 4.20. The van der Waals surface area contributed by atoms with Gasteiger partial charge in [0.2, 0.25) is 0 Å². The van der Waals surface area contributed by atoms with Gasteiger partial charge in [-0.05, 0) is 35.9 Å². The maximum Gasteiger partial charge on any atom is 0.0545 e. The third-order valence-electron chi connectivity index (χ3n) is 2.18. The zero-order valence-electron chi connectivity index (χ0n) is 10.2. The first kappa shape index (κ1) is 13.9. The Kier molecular flexibility index (Phi) is 6.25. The van der Waals surface area contributed by atoms with E-state index < -0.39 is 0 Å². The number of rotatable bonds is 6. The standard InChI is InChI=1S/C13H20ClNS/c1-4-16-13-6-5-11(7-12(13)14)9-15-8-10(2)3/h5-7,10,15H,4,8-9H2,1-3H3. The molecule has 1 aromatic rings. The number of hydrogen-bond donors (Lipinski definition) is 1. The summed E-state index contributed by atoms with van der Waals surface area (Å²) in [5.74, 6) is 1.75. The Balaban J connectivity index is 2.52. The molecule has 0 saturated heterocycles. The summed E-state index contributed by atoms with van der Waals surface area (Å²) >= 11 is 7.99. The van der Waals surface area contributed by atoms with Gasteiger partial charge in [-0.3, -0.25) is 0 Å². The maximum atomic E-state index is 6.20. The Bertz CT molecular complexity index is 326. The Labute approximate surface area is 108 Å². The molecule has 1 aromatic carbocycles. The number of hydrogen-bond acceptors (Lipinski definition) is 2. The molecule has 90 valence electrons. The van der Waals surface area contributed by atoms with Crippen molar-refractivity contribution in [3.63, 3.8) is 0 Å². The van der Waals surface area contributed by atoms with Crippen LogP contribution in [0.4, 0.5) is 0 Å². The molecule has 0 heterocycles. The summed E-state index contributed by atoms with van der Waals surface area (Å²) in [7, 11) is 0. The van der Waals surface area contributed by atoms with Gasteiger partial charge in [0.05, 0.1) is 5.02 Å². The number of benzene rings is 1. The lowest BCUT2D eigenvalue weighted by Gasteiger charge is -2.09. The predicted molar refractivity (Wildman–Crippen MR) is 74.4 cm³/mol. The van der Waals surface area contributed by atoms with Crippen LogP contribution in [0, 0.1) is 5.92 Å². The smallest absolute Gasteiger partial charge is 0.0545 e. The van der Waals surface area contributed by atoms with Gasteiger partial charge < -0.3 is 5.32 Å². The summed E-state index contributed by atoms with van der Waals surface area (Å²) in [6.07, 6.45) is 0. The van der Waals surface area contributed by atoms with Crippen molar-refractivity contribution in [3.05, 3.63) is 28.8 Å². The first-order valence-electron chi connectivity index (χ1n) is 5.75. The van der Waals surface area contributed by atoms with E-state index in [4.69, 9.17) is 11.6 Å². The zero-order chi connectivity index (χ0) is 12.0. The minimum Gasteiger partial charge on any atom is -0.312 e. The molecule has 0 aliphatic heterocycles. The molecule has 0 fully saturated rings. The van der Waals surface area contributed by atoms with Crippen LogP contribution in [0.15, 0.2) is 23.1 Å². The van der Waals surface area contributed by atoms with Crippen LogP contribution in [0.25, 0.3) is 0 Å². The minimum absolute atomic E-state index is 0.686. The van der Waals surface area contributed by atoms with Crippen LogP contribution in [0.3, 0.4) is 0 Å².